The molecule has 1 N–H and O–H groups in total. The maximum absolute atomic E-state index is 12.3. The summed E-state index contributed by atoms with van der Waals surface area (Å²) >= 11 is 0. The summed E-state index contributed by atoms with van der Waals surface area (Å²) in [7, 11) is 1.78. The predicted molar refractivity (Wildman–Crippen MR) is 63.8 cm³/mol. The number of aryl methyl sites for hydroxylation is 1. The van der Waals surface area contributed by atoms with Gasteiger partial charge < -0.3 is 9.47 Å². The van der Waals surface area contributed by atoms with Crippen molar-refractivity contribution >= 4 is 17.7 Å². The van der Waals surface area contributed by atoms with Crippen LogP contribution in [0, 0.1) is 6.92 Å². The van der Waals surface area contributed by atoms with E-state index in [1.54, 1.807) is 24.6 Å². The minimum atomic E-state index is -0.634. The molecule has 1 aliphatic rings. The van der Waals surface area contributed by atoms with Gasteiger partial charge in [0, 0.05) is 12.7 Å². The molecule has 6 heteroatoms. The molecule has 2 rings (SSSR count). The molecule has 2 heterocycles. The van der Waals surface area contributed by atoms with E-state index in [-0.39, 0.29) is 12.5 Å². The van der Waals surface area contributed by atoms with E-state index in [2.05, 4.69) is 5.32 Å². The lowest BCUT2D eigenvalue weighted by atomic mass is 10.2. The van der Waals surface area contributed by atoms with Gasteiger partial charge >= 0.3 is 0 Å². The van der Waals surface area contributed by atoms with Crippen LogP contribution < -0.4 is 5.32 Å². The Morgan fingerprint density at radius 2 is 2.06 bits per heavy atom. The van der Waals surface area contributed by atoms with Gasteiger partial charge in [0.25, 0.3) is 5.91 Å². The SMILES string of the molecule is Cc1ccc(C(=O)N2CC(=O)NC(=O)C2C)n1C. The molecule has 1 atom stereocenters. The van der Waals surface area contributed by atoms with E-state index < -0.39 is 17.9 Å². The van der Waals surface area contributed by atoms with Gasteiger partial charge in [-0.3, -0.25) is 19.7 Å². The number of imide groups is 1. The Labute approximate surface area is 105 Å². The lowest BCUT2D eigenvalue weighted by Crippen LogP contribution is -2.58. The Morgan fingerprint density at radius 3 is 2.61 bits per heavy atom. The topological polar surface area (TPSA) is 71.4 Å². The maximum Gasteiger partial charge on any atom is 0.271 e. The van der Waals surface area contributed by atoms with Crippen molar-refractivity contribution in [2.24, 2.45) is 7.05 Å². The molecule has 0 aliphatic carbocycles. The number of carbonyl (C=O) groups is 3. The molecule has 18 heavy (non-hydrogen) atoms. The second kappa shape index (κ2) is 4.29. The molecule has 0 bridgehead atoms. The maximum atomic E-state index is 12.3. The fourth-order valence-electron chi connectivity index (χ4n) is 1.94. The largest absolute Gasteiger partial charge is 0.344 e. The van der Waals surface area contributed by atoms with E-state index >= 15 is 0 Å². The summed E-state index contributed by atoms with van der Waals surface area (Å²) < 4.78 is 1.74. The van der Waals surface area contributed by atoms with Gasteiger partial charge in [-0.1, -0.05) is 0 Å². The van der Waals surface area contributed by atoms with Gasteiger partial charge in [-0.15, -0.1) is 0 Å². The first-order chi connectivity index (χ1) is 8.41. The number of nitrogens with one attached hydrogen (secondary N) is 1. The number of piperazine rings is 1. The minimum Gasteiger partial charge on any atom is -0.344 e. The summed E-state index contributed by atoms with van der Waals surface area (Å²) in [6.07, 6.45) is 0. The second-order valence-electron chi connectivity index (χ2n) is 4.44. The van der Waals surface area contributed by atoms with Gasteiger partial charge in [0.15, 0.2) is 0 Å². The summed E-state index contributed by atoms with van der Waals surface area (Å²) in [4.78, 5) is 36.4. The molecular weight excluding hydrogens is 234 g/mol. The molecule has 1 fully saturated rings. The Morgan fingerprint density at radius 1 is 1.39 bits per heavy atom. The molecule has 3 amide bonds. The van der Waals surface area contributed by atoms with E-state index in [1.807, 2.05) is 13.0 Å². The highest BCUT2D eigenvalue weighted by Crippen LogP contribution is 2.13. The van der Waals surface area contributed by atoms with Crippen LogP contribution in [0.15, 0.2) is 12.1 Å². The molecule has 6 nitrogen and oxygen atoms in total. The van der Waals surface area contributed by atoms with Crippen LogP contribution in [0.5, 0.6) is 0 Å². The Kier molecular flexibility index (Phi) is 2.94. The molecule has 0 saturated carbocycles. The number of nitrogens with zero attached hydrogens (tertiary/aromatic N) is 2. The summed E-state index contributed by atoms with van der Waals surface area (Å²) in [5, 5.41) is 2.21. The smallest absolute Gasteiger partial charge is 0.271 e. The van der Waals surface area contributed by atoms with Crippen LogP contribution in [0.4, 0.5) is 0 Å². The van der Waals surface area contributed by atoms with E-state index in [1.165, 1.54) is 4.90 Å². The monoisotopic (exact) mass is 249 g/mol. The molecule has 0 radical (unpaired) electrons. The average Bonchev–Trinajstić information content (AvgIpc) is 2.64. The van der Waals surface area contributed by atoms with Crippen LogP contribution in [0.3, 0.4) is 0 Å². The summed E-state index contributed by atoms with van der Waals surface area (Å²) in [6, 6.07) is 2.89. The van der Waals surface area contributed by atoms with E-state index in [4.69, 9.17) is 0 Å². The molecule has 1 unspecified atom stereocenters. The highest BCUT2D eigenvalue weighted by molar-refractivity contribution is 6.06. The van der Waals surface area contributed by atoms with Crippen molar-refractivity contribution in [1.82, 2.24) is 14.8 Å². The Hall–Kier alpha value is -2.11. The zero-order chi connectivity index (χ0) is 13.4. The number of rotatable bonds is 1. The third-order valence-electron chi connectivity index (χ3n) is 3.28. The van der Waals surface area contributed by atoms with Gasteiger partial charge in [-0.2, -0.15) is 0 Å². The minimum absolute atomic E-state index is 0.0873. The van der Waals surface area contributed by atoms with Gasteiger partial charge in [0.2, 0.25) is 11.8 Å². The van der Waals surface area contributed by atoms with Crippen LogP contribution >= 0.6 is 0 Å². The highest BCUT2D eigenvalue weighted by Gasteiger charge is 2.34. The lowest BCUT2D eigenvalue weighted by molar-refractivity contribution is -0.138. The zero-order valence-electron chi connectivity index (χ0n) is 10.6. The average molecular weight is 249 g/mol. The molecule has 1 saturated heterocycles. The summed E-state index contributed by atoms with van der Waals surface area (Å²) in [5.41, 5.74) is 1.42. The van der Waals surface area contributed by atoms with Crippen molar-refractivity contribution in [3.05, 3.63) is 23.5 Å². The molecule has 1 aromatic heterocycles. The fraction of sp³-hybridized carbons (Fsp3) is 0.417. The highest BCUT2D eigenvalue weighted by atomic mass is 16.2. The van der Waals surface area contributed by atoms with Crippen LogP contribution in [0.2, 0.25) is 0 Å². The van der Waals surface area contributed by atoms with Crippen LogP contribution in [0.25, 0.3) is 0 Å². The molecular formula is C12H15N3O3. The zero-order valence-corrected chi connectivity index (χ0v) is 10.6. The summed E-state index contributed by atoms with van der Waals surface area (Å²) in [5.74, 6) is -1.19. The molecule has 1 aliphatic heterocycles. The predicted octanol–water partition coefficient (Wildman–Crippen LogP) is -0.179. The molecule has 0 aromatic carbocycles. The number of aromatic nitrogens is 1. The van der Waals surface area contributed by atoms with Gasteiger partial charge in [-0.25, -0.2) is 0 Å². The van der Waals surface area contributed by atoms with Gasteiger partial charge in [0.05, 0.1) is 0 Å². The standard InChI is InChI=1S/C12H15N3O3/c1-7-4-5-9(14(7)3)12(18)15-6-10(16)13-11(17)8(15)2/h4-5,8H,6H2,1-3H3,(H,13,16,17). The van der Waals surface area contributed by atoms with Crippen molar-refractivity contribution in [1.29, 1.82) is 0 Å². The van der Waals surface area contributed by atoms with Crippen molar-refractivity contribution in [3.8, 4) is 0 Å². The lowest BCUT2D eigenvalue weighted by Gasteiger charge is -2.31. The third kappa shape index (κ3) is 1.90. The van der Waals surface area contributed by atoms with Crippen molar-refractivity contribution in [3.63, 3.8) is 0 Å². The first-order valence-electron chi connectivity index (χ1n) is 5.69. The molecule has 96 valence electrons. The van der Waals surface area contributed by atoms with Crippen molar-refractivity contribution in [2.75, 3.05) is 6.54 Å². The fourth-order valence-corrected chi connectivity index (χ4v) is 1.94. The third-order valence-corrected chi connectivity index (χ3v) is 3.28. The number of amides is 3. The molecule has 1 aromatic rings. The quantitative estimate of drug-likeness (QED) is 0.702. The molecule has 0 spiro atoms. The van der Waals surface area contributed by atoms with E-state index in [0.717, 1.165) is 5.69 Å². The first kappa shape index (κ1) is 12.3. The first-order valence-corrected chi connectivity index (χ1v) is 5.69. The van der Waals surface area contributed by atoms with E-state index in [9.17, 15) is 14.4 Å². The Balaban J connectivity index is 2.30. The number of carbonyl (C=O) groups excluding carboxylic acids is 3. The number of hydrogen-bond donors (Lipinski definition) is 1. The summed E-state index contributed by atoms with van der Waals surface area (Å²) in [6.45, 7) is 3.40. The van der Waals surface area contributed by atoms with Crippen LogP contribution in [-0.2, 0) is 16.6 Å². The van der Waals surface area contributed by atoms with E-state index in [0.29, 0.717) is 5.69 Å². The normalized spacial score (nSPS) is 19.9. The van der Waals surface area contributed by atoms with Crippen molar-refractivity contribution < 1.29 is 14.4 Å². The Bertz CT molecular complexity index is 533. The van der Waals surface area contributed by atoms with Crippen molar-refractivity contribution in [2.45, 2.75) is 19.9 Å². The number of hydrogen-bond acceptors (Lipinski definition) is 3. The second-order valence-corrected chi connectivity index (χ2v) is 4.44. The van der Waals surface area contributed by atoms with Crippen LogP contribution in [-0.4, -0.2) is 39.8 Å². The van der Waals surface area contributed by atoms with Crippen LogP contribution in [0.1, 0.15) is 23.1 Å². The van der Waals surface area contributed by atoms with Gasteiger partial charge in [-0.05, 0) is 26.0 Å². The van der Waals surface area contributed by atoms with Gasteiger partial charge in [0.1, 0.15) is 18.3 Å².